The summed E-state index contributed by atoms with van der Waals surface area (Å²) in [6, 6.07) is 13.9. The first-order chi connectivity index (χ1) is 16.8. The maximum Gasteiger partial charge on any atom is 0.255 e. The number of fused-ring (bicyclic) bond motifs is 1. The first-order valence-electron chi connectivity index (χ1n) is 11.1. The van der Waals surface area contributed by atoms with Crippen molar-refractivity contribution in [2.24, 2.45) is 5.73 Å². The Morgan fingerprint density at radius 2 is 1.83 bits per heavy atom. The van der Waals surface area contributed by atoms with E-state index in [9.17, 15) is 14.4 Å². The zero-order chi connectivity index (χ0) is 25.3. The highest BCUT2D eigenvalue weighted by atomic mass is 19.1. The van der Waals surface area contributed by atoms with E-state index in [1.54, 1.807) is 12.1 Å². The molecule has 8 heteroatoms. The van der Waals surface area contributed by atoms with Crippen LogP contribution in [-0.4, -0.2) is 16.9 Å². The molecular weight excluding hydrogens is 450 g/mol. The Morgan fingerprint density at radius 1 is 1.14 bits per heavy atom. The zero-order valence-corrected chi connectivity index (χ0v) is 19.6. The smallest absolute Gasteiger partial charge is 0.255 e. The molecule has 0 aliphatic rings. The third kappa shape index (κ3) is 4.28. The van der Waals surface area contributed by atoms with Crippen molar-refractivity contribution in [1.29, 1.82) is 5.26 Å². The van der Waals surface area contributed by atoms with E-state index in [0.717, 1.165) is 34.6 Å². The van der Waals surface area contributed by atoms with Crippen molar-refractivity contribution >= 4 is 22.9 Å². The minimum Gasteiger partial charge on any atom is -0.483 e. The molecule has 0 atom stereocenters. The Hall–Kier alpha value is -4.38. The monoisotopic (exact) mass is 474 g/mol. The number of para-hydroxylation sites is 1. The molecular formula is C27H24F2N4O2. The lowest BCUT2D eigenvalue weighted by Gasteiger charge is -2.18. The molecule has 4 rings (SSSR count). The third-order valence-electron chi connectivity index (χ3n) is 5.90. The van der Waals surface area contributed by atoms with Gasteiger partial charge in [-0.2, -0.15) is 5.26 Å². The Kier molecular flexibility index (Phi) is 6.43. The highest BCUT2D eigenvalue weighted by Crippen LogP contribution is 2.45. The maximum absolute atomic E-state index is 15.1. The van der Waals surface area contributed by atoms with E-state index in [0.29, 0.717) is 29.1 Å². The molecule has 0 aliphatic carbocycles. The molecule has 4 aromatic rings. The Morgan fingerprint density at radius 3 is 2.46 bits per heavy atom. The lowest BCUT2D eigenvalue weighted by molar-refractivity contribution is -0.119. The van der Waals surface area contributed by atoms with Gasteiger partial charge in [-0.05, 0) is 43.0 Å². The van der Waals surface area contributed by atoms with Gasteiger partial charge in [0.1, 0.15) is 29.0 Å². The van der Waals surface area contributed by atoms with Crippen LogP contribution in [0.1, 0.15) is 29.2 Å². The van der Waals surface area contributed by atoms with Gasteiger partial charge in [-0.1, -0.05) is 37.3 Å². The molecule has 2 heterocycles. The highest BCUT2D eigenvalue weighted by molar-refractivity contribution is 5.96. The number of rotatable bonds is 7. The summed E-state index contributed by atoms with van der Waals surface area (Å²) in [5.74, 6) is -1.72. The molecule has 0 saturated heterocycles. The fraction of sp³-hybridized carbons (Fsp3) is 0.185. The van der Waals surface area contributed by atoms with Crippen molar-refractivity contribution in [2.75, 3.05) is 11.9 Å². The van der Waals surface area contributed by atoms with Gasteiger partial charge in [-0.25, -0.2) is 8.78 Å². The van der Waals surface area contributed by atoms with E-state index in [4.69, 9.17) is 10.5 Å². The van der Waals surface area contributed by atoms with Crippen LogP contribution in [0.3, 0.4) is 0 Å². The number of aryl methyl sites for hydroxylation is 3. The summed E-state index contributed by atoms with van der Waals surface area (Å²) >= 11 is 0. The van der Waals surface area contributed by atoms with Crippen LogP contribution in [-0.2, 0) is 11.2 Å². The summed E-state index contributed by atoms with van der Waals surface area (Å²) in [5.41, 5.74) is 9.46. The number of hydrogen-bond acceptors (Lipinski definition) is 4. The van der Waals surface area contributed by atoms with Gasteiger partial charge in [0.2, 0.25) is 0 Å². The number of hydrogen-bond donors (Lipinski definition) is 2. The van der Waals surface area contributed by atoms with Crippen LogP contribution < -0.4 is 15.8 Å². The predicted octanol–water partition coefficient (Wildman–Crippen LogP) is 5.54. The molecule has 0 radical (unpaired) electrons. The summed E-state index contributed by atoms with van der Waals surface area (Å²) in [6.07, 6.45) is 1.69. The van der Waals surface area contributed by atoms with Gasteiger partial charge in [0, 0.05) is 29.1 Å². The zero-order valence-electron chi connectivity index (χ0n) is 19.6. The van der Waals surface area contributed by atoms with Crippen LogP contribution in [0.2, 0.25) is 0 Å². The topological polar surface area (TPSA) is 92.5 Å². The molecule has 0 saturated carbocycles. The lowest BCUT2D eigenvalue weighted by Crippen LogP contribution is -2.20. The molecule has 2 aromatic heterocycles. The summed E-state index contributed by atoms with van der Waals surface area (Å²) < 4.78 is 36.5. The average molecular weight is 475 g/mol. The molecule has 0 fully saturated rings. The van der Waals surface area contributed by atoms with Crippen LogP contribution in [0.5, 0.6) is 5.75 Å². The van der Waals surface area contributed by atoms with Gasteiger partial charge >= 0.3 is 0 Å². The third-order valence-corrected chi connectivity index (χ3v) is 5.90. The second-order valence-corrected chi connectivity index (χ2v) is 8.23. The summed E-state index contributed by atoms with van der Waals surface area (Å²) in [6.45, 7) is 5.38. The van der Waals surface area contributed by atoms with E-state index >= 15 is 4.39 Å². The van der Waals surface area contributed by atoms with Crippen LogP contribution in [0.25, 0.3) is 16.6 Å². The molecule has 35 heavy (non-hydrogen) atoms. The van der Waals surface area contributed by atoms with E-state index in [-0.39, 0.29) is 17.7 Å². The number of anilines is 2. The molecule has 1 amide bonds. The number of nitrogens with two attached hydrogens (primary N) is 1. The van der Waals surface area contributed by atoms with Gasteiger partial charge in [0.15, 0.2) is 12.4 Å². The molecule has 0 bridgehead atoms. The van der Waals surface area contributed by atoms with E-state index in [2.05, 4.69) is 11.4 Å². The molecule has 6 nitrogen and oxygen atoms in total. The first kappa shape index (κ1) is 23.8. The van der Waals surface area contributed by atoms with Crippen molar-refractivity contribution in [3.05, 3.63) is 82.5 Å². The number of carbonyl (C=O) groups is 1. The number of nitrogens with zero attached hydrogens (tertiary/aromatic N) is 2. The fourth-order valence-electron chi connectivity index (χ4n) is 4.33. The number of pyridine rings is 1. The Labute approximate surface area is 201 Å². The van der Waals surface area contributed by atoms with Gasteiger partial charge in [-0.3, -0.25) is 9.20 Å². The van der Waals surface area contributed by atoms with Crippen LogP contribution in [0, 0.1) is 36.8 Å². The van der Waals surface area contributed by atoms with Gasteiger partial charge in [0.05, 0.1) is 5.56 Å². The molecule has 0 spiro atoms. The number of halogens is 2. The summed E-state index contributed by atoms with van der Waals surface area (Å²) in [7, 11) is 0. The number of nitriles is 1. The quantitative estimate of drug-likeness (QED) is 0.368. The number of nitrogens with one attached hydrogen (secondary N) is 1. The van der Waals surface area contributed by atoms with Crippen molar-refractivity contribution in [3.8, 4) is 22.9 Å². The molecule has 3 N–H and O–H groups in total. The largest absolute Gasteiger partial charge is 0.483 e. The second kappa shape index (κ2) is 9.47. The van der Waals surface area contributed by atoms with Crippen molar-refractivity contribution in [3.63, 3.8) is 0 Å². The number of aromatic nitrogens is 1. The summed E-state index contributed by atoms with van der Waals surface area (Å²) in [4.78, 5) is 11.4. The average Bonchev–Trinajstić information content (AvgIpc) is 3.12. The number of primary amides is 1. The van der Waals surface area contributed by atoms with Crippen LogP contribution in [0.4, 0.5) is 20.3 Å². The number of amides is 1. The molecule has 178 valence electrons. The maximum atomic E-state index is 15.1. The minimum atomic E-state index is -0.870. The standard InChI is InChI=1S/C27H24F2N4O2/c1-4-17-9-6-10-21(35-14-22(31)34)23(17)24-19(12-30)26-20(29)11-18(28)13-33(26)27(24)32-25-15(2)7-5-8-16(25)3/h5-11,13,32H,4,14H2,1-3H3,(H2,31,34). The minimum absolute atomic E-state index is 0.0149. The van der Waals surface area contributed by atoms with Gasteiger partial charge in [0.25, 0.3) is 5.91 Å². The van der Waals surface area contributed by atoms with E-state index in [1.807, 2.05) is 45.0 Å². The summed E-state index contributed by atoms with van der Waals surface area (Å²) in [5, 5.41) is 13.5. The number of carbonyl (C=O) groups excluding carboxylic acids is 1. The van der Waals surface area contributed by atoms with Crippen molar-refractivity contribution < 1.29 is 18.3 Å². The van der Waals surface area contributed by atoms with E-state index in [1.165, 1.54) is 4.40 Å². The molecule has 0 unspecified atom stereocenters. The van der Waals surface area contributed by atoms with E-state index < -0.39 is 17.5 Å². The normalized spacial score (nSPS) is 10.9. The van der Waals surface area contributed by atoms with Crippen molar-refractivity contribution in [2.45, 2.75) is 27.2 Å². The second-order valence-electron chi connectivity index (χ2n) is 8.23. The predicted molar refractivity (Wildman–Crippen MR) is 131 cm³/mol. The fourth-order valence-corrected chi connectivity index (χ4v) is 4.33. The first-order valence-corrected chi connectivity index (χ1v) is 11.1. The van der Waals surface area contributed by atoms with Crippen LogP contribution in [0.15, 0.2) is 48.7 Å². The Balaban J connectivity index is 2.13. The Bertz CT molecular complexity index is 1480. The molecule has 0 aliphatic heterocycles. The highest BCUT2D eigenvalue weighted by Gasteiger charge is 2.27. The SMILES string of the molecule is CCc1cccc(OCC(N)=O)c1-c1c(C#N)c2c(F)cc(F)cn2c1Nc1c(C)cccc1C. The molecule has 2 aromatic carbocycles. The van der Waals surface area contributed by atoms with Gasteiger partial charge in [-0.15, -0.1) is 0 Å². The number of ether oxygens (including phenoxy) is 1. The van der Waals surface area contributed by atoms with Gasteiger partial charge < -0.3 is 15.8 Å². The lowest BCUT2D eigenvalue weighted by atomic mass is 9.95. The number of benzene rings is 2. The van der Waals surface area contributed by atoms with Crippen LogP contribution >= 0.6 is 0 Å². The van der Waals surface area contributed by atoms with Crippen molar-refractivity contribution in [1.82, 2.24) is 4.40 Å².